The smallest absolute Gasteiger partial charge is 0.274 e. The van der Waals surface area contributed by atoms with Crippen LogP contribution in [-0.2, 0) is 13.1 Å². The van der Waals surface area contributed by atoms with Crippen LogP contribution in [0.3, 0.4) is 0 Å². The van der Waals surface area contributed by atoms with Crippen molar-refractivity contribution in [2.75, 3.05) is 6.54 Å². The number of halogens is 2. The van der Waals surface area contributed by atoms with Gasteiger partial charge < -0.3 is 20.3 Å². The summed E-state index contributed by atoms with van der Waals surface area (Å²) in [5.74, 6) is -2.12. The SMILES string of the molecule is NC(=O)c1cc(=O)c(O)c2n1CCN(Cc1ccc(Cl)c(Cl)c1)C2=O. The van der Waals surface area contributed by atoms with Crippen LogP contribution in [0.4, 0.5) is 0 Å². The molecular weight excluding hydrogens is 369 g/mol. The third kappa shape index (κ3) is 3.08. The Morgan fingerprint density at radius 1 is 1.16 bits per heavy atom. The number of nitrogens with zero attached hydrogens (tertiary/aromatic N) is 2. The molecule has 1 aromatic carbocycles. The van der Waals surface area contributed by atoms with Gasteiger partial charge in [0.25, 0.3) is 11.8 Å². The number of carbonyl (C=O) groups is 2. The maximum absolute atomic E-state index is 12.7. The van der Waals surface area contributed by atoms with Crippen molar-refractivity contribution in [2.45, 2.75) is 13.1 Å². The summed E-state index contributed by atoms with van der Waals surface area (Å²) in [6.45, 7) is 0.702. The van der Waals surface area contributed by atoms with Gasteiger partial charge in [-0.1, -0.05) is 29.3 Å². The Hall–Kier alpha value is -2.51. The van der Waals surface area contributed by atoms with E-state index in [-0.39, 0.29) is 31.0 Å². The van der Waals surface area contributed by atoms with E-state index in [2.05, 4.69) is 0 Å². The van der Waals surface area contributed by atoms with Crippen molar-refractivity contribution in [3.8, 4) is 5.75 Å². The van der Waals surface area contributed by atoms with Gasteiger partial charge >= 0.3 is 0 Å². The molecule has 0 atom stereocenters. The van der Waals surface area contributed by atoms with E-state index in [0.29, 0.717) is 10.0 Å². The first kappa shape index (κ1) is 17.3. The van der Waals surface area contributed by atoms with Gasteiger partial charge in [-0.2, -0.15) is 0 Å². The molecule has 0 saturated carbocycles. The molecule has 3 N–H and O–H groups in total. The molecule has 0 radical (unpaired) electrons. The molecule has 0 fully saturated rings. The molecule has 0 bridgehead atoms. The van der Waals surface area contributed by atoms with Crippen LogP contribution in [0.1, 0.15) is 26.5 Å². The van der Waals surface area contributed by atoms with Crippen LogP contribution in [-0.4, -0.2) is 32.9 Å². The number of hydrogen-bond donors (Lipinski definition) is 2. The highest BCUT2D eigenvalue weighted by Gasteiger charge is 2.31. The molecule has 0 unspecified atom stereocenters. The van der Waals surface area contributed by atoms with Crippen LogP contribution in [0.2, 0.25) is 10.0 Å². The number of aromatic nitrogens is 1. The van der Waals surface area contributed by atoms with Crippen molar-refractivity contribution in [3.05, 3.63) is 61.5 Å². The highest BCUT2D eigenvalue weighted by atomic mass is 35.5. The number of fused-ring (bicyclic) bond motifs is 1. The highest BCUT2D eigenvalue weighted by molar-refractivity contribution is 6.42. The fraction of sp³-hybridized carbons (Fsp3) is 0.188. The lowest BCUT2D eigenvalue weighted by Gasteiger charge is -2.31. The maximum Gasteiger partial charge on any atom is 0.274 e. The van der Waals surface area contributed by atoms with Crippen LogP contribution in [0.15, 0.2) is 29.1 Å². The van der Waals surface area contributed by atoms with E-state index < -0.39 is 23.0 Å². The molecule has 25 heavy (non-hydrogen) atoms. The molecule has 1 aliphatic heterocycles. The van der Waals surface area contributed by atoms with Gasteiger partial charge in [-0.3, -0.25) is 14.4 Å². The van der Waals surface area contributed by atoms with Crippen LogP contribution in [0.25, 0.3) is 0 Å². The van der Waals surface area contributed by atoms with Crippen molar-refractivity contribution >= 4 is 35.0 Å². The van der Waals surface area contributed by atoms with Gasteiger partial charge in [0.05, 0.1) is 10.0 Å². The normalized spacial score (nSPS) is 13.7. The number of hydrogen-bond acceptors (Lipinski definition) is 4. The van der Waals surface area contributed by atoms with Gasteiger partial charge in [-0.15, -0.1) is 0 Å². The van der Waals surface area contributed by atoms with Gasteiger partial charge in [0.1, 0.15) is 5.69 Å². The first-order valence-corrected chi connectivity index (χ1v) is 8.05. The second-order valence-electron chi connectivity index (χ2n) is 5.58. The Labute approximate surface area is 152 Å². The molecular formula is C16H13Cl2N3O4. The predicted octanol–water partition coefficient (Wildman–Crippen LogP) is 1.62. The molecule has 0 aliphatic carbocycles. The predicted molar refractivity (Wildman–Crippen MR) is 92.1 cm³/mol. The molecule has 2 amide bonds. The minimum absolute atomic E-state index is 0.111. The third-order valence-electron chi connectivity index (χ3n) is 3.98. The summed E-state index contributed by atoms with van der Waals surface area (Å²) < 4.78 is 1.27. The Morgan fingerprint density at radius 2 is 1.88 bits per heavy atom. The quantitative estimate of drug-likeness (QED) is 0.842. The zero-order valence-electron chi connectivity index (χ0n) is 12.8. The van der Waals surface area contributed by atoms with Gasteiger partial charge in [-0.25, -0.2) is 0 Å². The first-order chi connectivity index (χ1) is 11.8. The topological polar surface area (TPSA) is 106 Å². The van der Waals surface area contributed by atoms with E-state index in [4.69, 9.17) is 28.9 Å². The van der Waals surface area contributed by atoms with Gasteiger partial charge in [-0.05, 0) is 17.7 Å². The van der Waals surface area contributed by atoms with E-state index >= 15 is 0 Å². The average molecular weight is 382 g/mol. The summed E-state index contributed by atoms with van der Waals surface area (Å²) in [4.78, 5) is 37.5. The standard InChI is InChI=1S/C16H13Cl2N3O4/c17-9-2-1-8(5-10(9)18)7-20-3-4-21-11(15(19)24)6-12(22)14(23)13(21)16(20)25/h1-2,5-6,23H,3-4,7H2,(H2,19,24). The Kier molecular flexibility index (Phi) is 4.45. The van der Waals surface area contributed by atoms with Crippen LogP contribution >= 0.6 is 23.2 Å². The molecule has 1 aromatic heterocycles. The number of rotatable bonds is 3. The third-order valence-corrected chi connectivity index (χ3v) is 4.72. The molecule has 7 nitrogen and oxygen atoms in total. The number of carbonyl (C=O) groups excluding carboxylic acids is 2. The van der Waals surface area contributed by atoms with Crippen LogP contribution in [0, 0.1) is 0 Å². The summed E-state index contributed by atoms with van der Waals surface area (Å²) >= 11 is 11.9. The van der Waals surface area contributed by atoms with E-state index in [1.54, 1.807) is 18.2 Å². The van der Waals surface area contributed by atoms with Crippen LogP contribution in [0.5, 0.6) is 5.75 Å². The van der Waals surface area contributed by atoms with Crippen molar-refractivity contribution in [3.63, 3.8) is 0 Å². The lowest BCUT2D eigenvalue weighted by atomic mass is 10.1. The fourth-order valence-corrected chi connectivity index (χ4v) is 3.09. The van der Waals surface area contributed by atoms with Gasteiger partial charge in [0.2, 0.25) is 5.43 Å². The molecule has 2 heterocycles. The van der Waals surface area contributed by atoms with E-state index in [9.17, 15) is 19.5 Å². The van der Waals surface area contributed by atoms with Crippen molar-refractivity contribution in [1.82, 2.24) is 9.47 Å². The van der Waals surface area contributed by atoms with Gasteiger partial charge in [0.15, 0.2) is 11.4 Å². The number of amides is 2. The molecule has 0 saturated heterocycles. The van der Waals surface area contributed by atoms with Crippen molar-refractivity contribution in [2.24, 2.45) is 5.73 Å². The number of pyridine rings is 1. The number of aromatic hydroxyl groups is 1. The lowest BCUT2D eigenvalue weighted by Crippen LogP contribution is -2.43. The van der Waals surface area contributed by atoms with E-state index in [1.807, 2.05) is 0 Å². The Bertz CT molecular complexity index is 955. The summed E-state index contributed by atoms with van der Waals surface area (Å²) in [5, 5.41) is 10.8. The fourth-order valence-electron chi connectivity index (χ4n) is 2.77. The molecule has 130 valence electrons. The zero-order valence-corrected chi connectivity index (χ0v) is 14.3. The van der Waals surface area contributed by atoms with Crippen molar-refractivity contribution < 1.29 is 14.7 Å². The molecule has 3 rings (SSSR count). The number of primary amides is 1. The van der Waals surface area contributed by atoms with Crippen LogP contribution < -0.4 is 11.2 Å². The van der Waals surface area contributed by atoms with Gasteiger partial charge in [0, 0.05) is 25.7 Å². The second-order valence-corrected chi connectivity index (χ2v) is 6.40. The summed E-state index contributed by atoms with van der Waals surface area (Å²) in [5.41, 5.74) is 4.82. The number of nitrogens with two attached hydrogens (primary N) is 1. The molecule has 9 heteroatoms. The first-order valence-electron chi connectivity index (χ1n) is 7.29. The summed E-state index contributed by atoms with van der Waals surface area (Å²) in [7, 11) is 0. The largest absolute Gasteiger partial charge is 0.503 e. The molecule has 2 aromatic rings. The van der Waals surface area contributed by atoms with E-state index in [0.717, 1.165) is 11.6 Å². The second kappa shape index (κ2) is 6.42. The minimum Gasteiger partial charge on any atom is -0.503 e. The Balaban J connectivity index is 1.99. The molecule has 0 spiro atoms. The highest BCUT2D eigenvalue weighted by Crippen LogP contribution is 2.26. The summed E-state index contributed by atoms with van der Waals surface area (Å²) in [6, 6.07) is 5.92. The maximum atomic E-state index is 12.7. The number of benzene rings is 1. The average Bonchev–Trinajstić information content (AvgIpc) is 2.56. The van der Waals surface area contributed by atoms with Crippen molar-refractivity contribution in [1.29, 1.82) is 0 Å². The summed E-state index contributed by atoms with van der Waals surface area (Å²) in [6.07, 6.45) is 0. The minimum atomic E-state index is -0.843. The zero-order chi connectivity index (χ0) is 18.3. The monoisotopic (exact) mass is 381 g/mol. The lowest BCUT2D eigenvalue weighted by molar-refractivity contribution is 0.0680. The Morgan fingerprint density at radius 3 is 2.52 bits per heavy atom. The molecule has 1 aliphatic rings. The van der Waals surface area contributed by atoms with E-state index in [1.165, 1.54) is 9.47 Å².